The molecule has 6 nitrogen and oxygen atoms in total. The number of amides is 2. The van der Waals surface area contributed by atoms with Crippen molar-refractivity contribution in [1.29, 1.82) is 0 Å². The Bertz CT molecular complexity index is 484. The molecule has 2 amide bonds. The average Bonchev–Trinajstić information content (AvgIpc) is 2.49. The van der Waals surface area contributed by atoms with E-state index in [0.717, 1.165) is 5.69 Å². The van der Waals surface area contributed by atoms with Gasteiger partial charge in [0.15, 0.2) is 0 Å². The fourth-order valence-electron chi connectivity index (χ4n) is 1.65. The molecule has 0 radical (unpaired) electrons. The Labute approximate surface area is 131 Å². The zero-order chi connectivity index (χ0) is 16.5. The number of hydrogen-bond acceptors (Lipinski definition) is 4. The minimum absolute atomic E-state index is 0.164. The highest BCUT2D eigenvalue weighted by Gasteiger charge is 2.06. The molecule has 0 spiro atoms. The van der Waals surface area contributed by atoms with E-state index >= 15 is 0 Å². The zero-order valence-electron chi connectivity index (χ0n) is 13.7. The molecule has 122 valence electrons. The second kappa shape index (κ2) is 8.92. The smallest absolute Gasteiger partial charge is 0.407 e. The van der Waals surface area contributed by atoms with Gasteiger partial charge < -0.3 is 20.3 Å². The summed E-state index contributed by atoms with van der Waals surface area (Å²) in [5.41, 5.74) is 1.62. The van der Waals surface area contributed by atoms with E-state index in [1.165, 1.54) is 0 Å². The molecule has 0 unspecified atom stereocenters. The number of nitrogens with one attached hydrogen (secondary N) is 2. The molecule has 0 bridgehead atoms. The van der Waals surface area contributed by atoms with Gasteiger partial charge in [0.25, 0.3) is 5.91 Å². The summed E-state index contributed by atoms with van der Waals surface area (Å²) >= 11 is 0. The molecule has 1 rings (SSSR count). The van der Waals surface area contributed by atoms with Crippen LogP contribution < -0.4 is 15.5 Å². The molecule has 6 heteroatoms. The standard InChI is InChI=1S/C16H25N3O3/c1-12(2)11-22-16(21)18-10-9-17-15(20)13-5-7-14(8-6-13)19(3)4/h5-8,12H,9-11H2,1-4H3,(H,17,20)(H,18,21). The van der Waals surface area contributed by atoms with E-state index in [9.17, 15) is 9.59 Å². The zero-order valence-corrected chi connectivity index (χ0v) is 13.7. The van der Waals surface area contributed by atoms with Crippen molar-refractivity contribution >= 4 is 17.7 Å². The van der Waals surface area contributed by atoms with Gasteiger partial charge in [-0.1, -0.05) is 13.8 Å². The van der Waals surface area contributed by atoms with Crippen molar-refractivity contribution in [2.75, 3.05) is 38.7 Å². The quantitative estimate of drug-likeness (QED) is 0.754. The second-order valence-electron chi connectivity index (χ2n) is 5.62. The van der Waals surface area contributed by atoms with Gasteiger partial charge in [-0.3, -0.25) is 4.79 Å². The van der Waals surface area contributed by atoms with Gasteiger partial charge in [-0.15, -0.1) is 0 Å². The number of nitrogens with zero attached hydrogens (tertiary/aromatic N) is 1. The van der Waals surface area contributed by atoms with Gasteiger partial charge in [0.1, 0.15) is 0 Å². The van der Waals surface area contributed by atoms with Gasteiger partial charge in [-0.05, 0) is 30.2 Å². The number of carbonyl (C=O) groups is 2. The molecule has 0 aliphatic carbocycles. The molecule has 2 N–H and O–H groups in total. The maximum atomic E-state index is 11.9. The number of alkyl carbamates (subject to hydrolysis) is 1. The first kappa shape index (κ1) is 17.8. The molecule has 0 aromatic heterocycles. The van der Waals surface area contributed by atoms with E-state index in [0.29, 0.717) is 31.2 Å². The monoisotopic (exact) mass is 307 g/mol. The Balaban J connectivity index is 2.27. The Morgan fingerprint density at radius 3 is 2.23 bits per heavy atom. The Morgan fingerprint density at radius 1 is 1.09 bits per heavy atom. The lowest BCUT2D eigenvalue weighted by molar-refractivity contribution is 0.0951. The average molecular weight is 307 g/mol. The van der Waals surface area contributed by atoms with Crippen molar-refractivity contribution in [3.8, 4) is 0 Å². The number of benzene rings is 1. The first-order chi connectivity index (χ1) is 10.4. The molecule has 22 heavy (non-hydrogen) atoms. The maximum absolute atomic E-state index is 11.9. The van der Waals surface area contributed by atoms with Crippen molar-refractivity contribution < 1.29 is 14.3 Å². The molecule has 0 heterocycles. The van der Waals surface area contributed by atoms with Crippen LogP contribution in [0.3, 0.4) is 0 Å². The fourth-order valence-corrected chi connectivity index (χ4v) is 1.65. The topological polar surface area (TPSA) is 70.7 Å². The molecular formula is C16H25N3O3. The van der Waals surface area contributed by atoms with Crippen LogP contribution in [0.1, 0.15) is 24.2 Å². The minimum atomic E-state index is -0.460. The van der Waals surface area contributed by atoms with Crippen LogP contribution in [0.5, 0.6) is 0 Å². The molecule has 0 atom stereocenters. The highest BCUT2D eigenvalue weighted by atomic mass is 16.5. The Kier molecular flexibility index (Phi) is 7.22. The maximum Gasteiger partial charge on any atom is 0.407 e. The molecule has 0 aliphatic rings. The summed E-state index contributed by atoms with van der Waals surface area (Å²) in [6.07, 6.45) is -0.460. The van der Waals surface area contributed by atoms with Gasteiger partial charge in [0, 0.05) is 38.4 Å². The van der Waals surface area contributed by atoms with E-state index in [1.54, 1.807) is 12.1 Å². The van der Waals surface area contributed by atoms with Crippen LogP contribution in [-0.4, -0.2) is 45.8 Å². The van der Waals surface area contributed by atoms with Crippen molar-refractivity contribution in [3.63, 3.8) is 0 Å². The summed E-state index contributed by atoms with van der Waals surface area (Å²) in [4.78, 5) is 25.2. The van der Waals surface area contributed by atoms with Gasteiger partial charge in [0.2, 0.25) is 0 Å². The summed E-state index contributed by atoms with van der Waals surface area (Å²) in [6, 6.07) is 7.32. The highest BCUT2D eigenvalue weighted by molar-refractivity contribution is 5.94. The van der Waals surface area contributed by atoms with Gasteiger partial charge in [0.05, 0.1) is 6.61 Å². The third kappa shape index (κ3) is 6.47. The lowest BCUT2D eigenvalue weighted by Gasteiger charge is -2.13. The van der Waals surface area contributed by atoms with E-state index in [4.69, 9.17) is 4.74 Å². The van der Waals surface area contributed by atoms with Crippen LogP contribution >= 0.6 is 0 Å². The van der Waals surface area contributed by atoms with Crippen molar-refractivity contribution in [2.45, 2.75) is 13.8 Å². The summed E-state index contributed by atoms with van der Waals surface area (Å²) in [5, 5.41) is 5.33. The summed E-state index contributed by atoms with van der Waals surface area (Å²) in [7, 11) is 3.89. The van der Waals surface area contributed by atoms with Crippen LogP contribution in [0, 0.1) is 5.92 Å². The largest absolute Gasteiger partial charge is 0.449 e. The van der Waals surface area contributed by atoms with Gasteiger partial charge >= 0.3 is 6.09 Å². The van der Waals surface area contributed by atoms with E-state index in [2.05, 4.69) is 10.6 Å². The molecule has 0 saturated carbocycles. The third-order valence-corrected chi connectivity index (χ3v) is 2.87. The Hall–Kier alpha value is -2.24. The molecule has 0 fully saturated rings. The van der Waals surface area contributed by atoms with Crippen LogP contribution in [0.25, 0.3) is 0 Å². The summed E-state index contributed by atoms with van der Waals surface area (Å²) < 4.78 is 4.96. The predicted molar refractivity (Wildman–Crippen MR) is 87.3 cm³/mol. The van der Waals surface area contributed by atoms with Crippen LogP contribution in [-0.2, 0) is 4.74 Å². The first-order valence-electron chi connectivity index (χ1n) is 7.36. The van der Waals surface area contributed by atoms with Gasteiger partial charge in [-0.2, -0.15) is 0 Å². The SMILES string of the molecule is CC(C)COC(=O)NCCNC(=O)c1ccc(N(C)C)cc1. The van der Waals surface area contributed by atoms with Crippen molar-refractivity contribution in [2.24, 2.45) is 5.92 Å². The van der Waals surface area contributed by atoms with Crippen molar-refractivity contribution in [1.82, 2.24) is 10.6 Å². The fraction of sp³-hybridized carbons (Fsp3) is 0.500. The molecule has 1 aromatic rings. The lowest BCUT2D eigenvalue weighted by Crippen LogP contribution is -2.35. The number of carbonyl (C=O) groups excluding carboxylic acids is 2. The summed E-state index contributed by atoms with van der Waals surface area (Å²) in [5.74, 6) is 0.137. The van der Waals surface area contributed by atoms with Crippen LogP contribution in [0.4, 0.5) is 10.5 Å². The number of rotatable bonds is 7. The normalized spacial score (nSPS) is 10.2. The second-order valence-corrected chi connectivity index (χ2v) is 5.62. The Morgan fingerprint density at radius 2 is 1.68 bits per heavy atom. The van der Waals surface area contributed by atoms with E-state index < -0.39 is 6.09 Å². The molecule has 0 aliphatic heterocycles. The highest BCUT2D eigenvalue weighted by Crippen LogP contribution is 2.11. The third-order valence-electron chi connectivity index (χ3n) is 2.87. The first-order valence-corrected chi connectivity index (χ1v) is 7.36. The number of ether oxygens (including phenoxy) is 1. The summed E-state index contributed by atoms with van der Waals surface area (Å²) in [6.45, 7) is 5.00. The van der Waals surface area contributed by atoms with Crippen LogP contribution in [0.15, 0.2) is 24.3 Å². The van der Waals surface area contributed by atoms with Crippen molar-refractivity contribution in [3.05, 3.63) is 29.8 Å². The van der Waals surface area contributed by atoms with Crippen LogP contribution in [0.2, 0.25) is 0 Å². The molecular weight excluding hydrogens is 282 g/mol. The van der Waals surface area contributed by atoms with E-state index in [-0.39, 0.29) is 5.91 Å². The van der Waals surface area contributed by atoms with E-state index in [1.807, 2.05) is 45.0 Å². The number of anilines is 1. The predicted octanol–water partition coefficient (Wildman–Crippen LogP) is 1.86. The molecule has 1 aromatic carbocycles. The lowest BCUT2D eigenvalue weighted by atomic mass is 10.2. The minimum Gasteiger partial charge on any atom is -0.449 e. The number of hydrogen-bond donors (Lipinski definition) is 2. The molecule has 0 saturated heterocycles. The van der Waals surface area contributed by atoms with Gasteiger partial charge in [-0.25, -0.2) is 4.79 Å².